The van der Waals surface area contributed by atoms with Gasteiger partial charge in [-0.25, -0.2) is 0 Å². The molecular weight excluding hydrogens is 1020 g/mol. The lowest BCUT2D eigenvalue weighted by atomic mass is 10.1. The van der Waals surface area contributed by atoms with Crippen LogP contribution in [0.15, 0.2) is 194 Å². The van der Waals surface area contributed by atoms with Gasteiger partial charge in [0.1, 0.15) is 13.2 Å². The van der Waals surface area contributed by atoms with E-state index in [9.17, 15) is 14.4 Å². The Balaban J connectivity index is 4.44. The molecule has 0 aromatic carbocycles. The molecule has 1 unspecified atom stereocenters. The van der Waals surface area contributed by atoms with E-state index in [1.165, 1.54) is 38.5 Å². The van der Waals surface area contributed by atoms with E-state index in [0.29, 0.717) is 12.8 Å². The zero-order valence-electron chi connectivity index (χ0n) is 52.9. The van der Waals surface area contributed by atoms with Crippen molar-refractivity contribution in [3.8, 4) is 0 Å². The first-order valence-electron chi connectivity index (χ1n) is 32.9. The molecule has 0 rings (SSSR count). The predicted octanol–water partition coefficient (Wildman–Crippen LogP) is 23.0. The Hall–Kier alpha value is -5.75. The molecule has 0 N–H and O–H groups in total. The highest BCUT2D eigenvalue weighted by molar-refractivity contribution is 5.71. The van der Waals surface area contributed by atoms with Crippen LogP contribution in [-0.4, -0.2) is 37.2 Å². The molecule has 0 fully saturated rings. The summed E-state index contributed by atoms with van der Waals surface area (Å²) in [7, 11) is 0. The minimum atomic E-state index is -0.831. The molecule has 0 aromatic rings. The summed E-state index contributed by atoms with van der Waals surface area (Å²) in [4.78, 5) is 38.3. The van der Waals surface area contributed by atoms with Crippen LogP contribution in [0.3, 0.4) is 0 Å². The molecule has 6 nitrogen and oxygen atoms in total. The van der Waals surface area contributed by atoms with E-state index < -0.39 is 6.10 Å². The molecule has 0 aliphatic heterocycles. The van der Waals surface area contributed by atoms with Crippen molar-refractivity contribution >= 4 is 17.9 Å². The van der Waals surface area contributed by atoms with Crippen LogP contribution >= 0.6 is 0 Å². The molecule has 462 valence electrons. The third-order valence-corrected chi connectivity index (χ3v) is 13.1. The Morgan fingerprint density at radius 2 is 0.458 bits per heavy atom. The van der Waals surface area contributed by atoms with Crippen LogP contribution in [0.2, 0.25) is 0 Å². The maximum Gasteiger partial charge on any atom is 0.306 e. The quantitative estimate of drug-likeness (QED) is 0.0261. The molecule has 0 radical (unpaired) electrons. The molecule has 0 saturated heterocycles. The van der Waals surface area contributed by atoms with Crippen LogP contribution in [-0.2, 0) is 28.6 Å². The van der Waals surface area contributed by atoms with E-state index in [0.717, 1.165) is 167 Å². The first-order chi connectivity index (χ1) is 41.0. The molecule has 0 aromatic heterocycles. The average molecular weight is 1140 g/mol. The summed E-state index contributed by atoms with van der Waals surface area (Å²) in [5.41, 5.74) is 0. The second-order valence-electron chi connectivity index (χ2n) is 20.9. The number of esters is 3. The Kier molecular flexibility index (Phi) is 64.0. The van der Waals surface area contributed by atoms with Crippen molar-refractivity contribution in [2.24, 2.45) is 0 Å². The molecule has 0 aliphatic rings. The maximum atomic E-state index is 12.9. The van der Waals surface area contributed by atoms with Gasteiger partial charge in [-0.1, -0.05) is 279 Å². The molecule has 0 heterocycles. The van der Waals surface area contributed by atoms with Gasteiger partial charge in [0.05, 0.1) is 0 Å². The van der Waals surface area contributed by atoms with Gasteiger partial charge < -0.3 is 14.2 Å². The second kappa shape index (κ2) is 68.7. The van der Waals surface area contributed by atoms with E-state index in [4.69, 9.17) is 14.2 Å². The second-order valence-corrected chi connectivity index (χ2v) is 20.9. The molecule has 0 spiro atoms. The summed E-state index contributed by atoms with van der Waals surface area (Å²) in [5, 5.41) is 0. The molecule has 0 bridgehead atoms. The Morgan fingerprint density at radius 1 is 0.241 bits per heavy atom. The van der Waals surface area contributed by atoms with Gasteiger partial charge in [-0.15, -0.1) is 0 Å². The van der Waals surface area contributed by atoms with Crippen LogP contribution in [0.4, 0.5) is 0 Å². The van der Waals surface area contributed by atoms with Crippen LogP contribution in [0.5, 0.6) is 0 Å². The highest BCUT2D eigenvalue weighted by atomic mass is 16.6. The molecular formula is C77H118O6. The molecule has 0 saturated carbocycles. The summed E-state index contributed by atoms with van der Waals surface area (Å²) in [6, 6.07) is 0. The number of carbonyl (C=O) groups excluding carboxylic acids is 3. The first kappa shape index (κ1) is 77.2. The van der Waals surface area contributed by atoms with Gasteiger partial charge in [-0.3, -0.25) is 14.4 Å². The van der Waals surface area contributed by atoms with Gasteiger partial charge in [-0.05, 0) is 148 Å². The largest absolute Gasteiger partial charge is 0.462 e. The minimum Gasteiger partial charge on any atom is -0.462 e. The minimum absolute atomic E-state index is 0.121. The fraction of sp³-hybridized carbons (Fsp3) is 0.545. The lowest BCUT2D eigenvalue weighted by Gasteiger charge is -2.18. The van der Waals surface area contributed by atoms with Crippen molar-refractivity contribution in [2.75, 3.05) is 13.2 Å². The summed E-state index contributed by atoms with van der Waals surface area (Å²) in [6.45, 7) is 6.20. The van der Waals surface area contributed by atoms with Gasteiger partial charge in [-0.2, -0.15) is 0 Å². The summed E-state index contributed by atoms with van der Waals surface area (Å²) in [5.74, 6) is -1.03. The van der Waals surface area contributed by atoms with E-state index in [2.05, 4.69) is 203 Å². The fourth-order valence-corrected chi connectivity index (χ4v) is 8.29. The number of carbonyl (C=O) groups is 3. The predicted molar refractivity (Wildman–Crippen MR) is 361 cm³/mol. The zero-order chi connectivity index (χ0) is 59.9. The van der Waals surface area contributed by atoms with Gasteiger partial charge in [0.2, 0.25) is 0 Å². The summed E-state index contributed by atoms with van der Waals surface area (Å²) >= 11 is 0. The van der Waals surface area contributed by atoms with Crippen molar-refractivity contribution < 1.29 is 28.6 Å². The fourth-order valence-electron chi connectivity index (χ4n) is 8.29. The number of allylic oxidation sites excluding steroid dienone is 32. The molecule has 0 amide bonds. The number of unbranched alkanes of at least 4 members (excludes halogenated alkanes) is 14. The maximum absolute atomic E-state index is 12.9. The van der Waals surface area contributed by atoms with Crippen molar-refractivity contribution in [3.63, 3.8) is 0 Å². The lowest BCUT2D eigenvalue weighted by Crippen LogP contribution is -2.30. The highest BCUT2D eigenvalue weighted by Gasteiger charge is 2.19. The normalized spacial score (nSPS) is 13.4. The summed E-state index contributed by atoms with van der Waals surface area (Å²) < 4.78 is 16.8. The number of hydrogen-bond donors (Lipinski definition) is 0. The molecule has 1 atom stereocenters. The monoisotopic (exact) mass is 1140 g/mol. The van der Waals surface area contributed by atoms with Crippen molar-refractivity contribution in [2.45, 2.75) is 258 Å². The topological polar surface area (TPSA) is 78.9 Å². The van der Waals surface area contributed by atoms with Gasteiger partial charge in [0, 0.05) is 19.3 Å². The average Bonchev–Trinajstić information content (AvgIpc) is 3.49. The van der Waals surface area contributed by atoms with Crippen LogP contribution in [0.25, 0.3) is 0 Å². The van der Waals surface area contributed by atoms with E-state index in [-0.39, 0.29) is 44.0 Å². The third kappa shape index (κ3) is 66.9. The standard InChI is InChI=1S/C77H118O6/c1-4-7-10-13-16-19-22-25-27-29-31-33-35-36-37-38-39-40-42-43-45-47-49-52-55-58-61-64-67-70-76(79)82-73-74(72-81-75(78)69-66-63-60-57-54-51-24-21-18-15-12-9-6-3)83-77(80)71-68-65-62-59-56-53-50-48-46-44-41-34-32-30-28-26-23-20-17-14-11-8-5-2/h7-12,16-21,25-28,31-34,36-37,39-40,43-46,51,54,60,63,74H,4-6,13-15,22-24,29-30,35,38,41-42,47-50,52-53,55-59,61-62,64-73H2,1-3H3/b10-7-,11-8-,12-9-,19-16-,20-17-,21-18-,27-25-,28-26-,33-31-,34-32-,37-36-,40-39-,45-43-,46-44-,54-51-,63-60-. The zero-order valence-corrected chi connectivity index (χ0v) is 52.9. The van der Waals surface area contributed by atoms with Crippen molar-refractivity contribution in [1.82, 2.24) is 0 Å². The van der Waals surface area contributed by atoms with Crippen LogP contribution in [0, 0.1) is 0 Å². The number of rotatable bonds is 57. The Labute approximate surface area is 509 Å². The molecule has 6 heteroatoms. The SMILES string of the molecule is CC/C=C\C/C=C\C/C=C\C/C=C\C/C=C\C/C=C\C/C=C\CCCCCCCCCC(=O)OCC(COC(=O)CC/C=C\C/C=C\C/C=C\C/C=C\CC)OC(=O)CCCCCCCCC/C=C\C/C=C\C/C=C\C/C=C\C/C=C\CC. The molecule has 0 aliphatic carbocycles. The lowest BCUT2D eigenvalue weighted by molar-refractivity contribution is -0.166. The number of ether oxygens (including phenoxy) is 3. The van der Waals surface area contributed by atoms with Gasteiger partial charge in [0.15, 0.2) is 6.10 Å². The van der Waals surface area contributed by atoms with Crippen molar-refractivity contribution in [3.05, 3.63) is 194 Å². The van der Waals surface area contributed by atoms with Crippen LogP contribution < -0.4 is 0 Å². The number of hydrogen-bond acceptors (Lipinski definition) is 6. The van der Waals surface area contributed by atoms with Gasteiger partial charge >= 0.3 is 17.9 Å². The van der Waals surface area contributed by atoms with Gasteiger partial charge in [0.25, 0.3) is 0 Å². The van der Waals surface area contributed by atoms with Crippen molar-refractivity contribution in [1.29, 1.82) is 0 Å². The first-order valence-corrected chi connectivity index (χ1v) is 32.9. The van der Waals surface area contributed by atoms with E-state index in [1.54, 1.807) is 0 Å². The molecule has 83 heavy (non-hydrogen) atoms. The highest BCUT2D eigenvalue weighted by Crippen LogP contribution is 2.14. The third-order valence-electron chi connectivity index (χ3n) is 13.1. The van der Waals surface area contributed by atoms with E-state index >= 15 is 0 Å². The van der Waals surface area contributed by atoms with E-state index in [1.807, 2.05) is 12.2 Å². The Morgan fingerprint density at radius 3 is 0.747 bits per heavy atom. The summed E-state index contributed by atoms with van der Waals surface area (Å²) in [6.07, 6.45) is 105. The van der Waals surface area contributed by atoms with Crippen LogP contribution in [0.1, 0.15) is 252 Å². The smallest absolute Gasteiger partial charge is 0.306 e. The Bertz CT molecular complexity index is 1990.